The summed E-state index contributed by atoms with van der Waals surface area (Å²) in [5, 5.41) is 10.1. The molecule has 5 heteroatoms. The molecule has 3 rings (SSSR count). The van der Waals surface area contributed by atoms with Crippen LogP contribution in [0.3, 0.4) is 0 Å². The predicted octanol–water partition coefficient (Wildman–Crippen LogP) is 3.48. The van der Waals surface area contributed by atoms with Gasteiger partial charge in [0.15, 0.2) is 11.5 Å². The number of halogens is 1. The van der Waals surface area contributed by atoms with E-state index in [0.717, 1.165) is 5.56 Å². The molecule has 0 bridgehead atoms. The molecule has 1 atom stereocenters. The van der Waals surface area contributed by atoms with Crippen molar-refractivity contribution in [3.05, 3.63) is 58.6 Å². The van der Waals surface area contributed by atoms with Crippen LogP contribution in [0.5, 0.6) is 11.5 Å². The molecule has 1 aliphatic rings. The van der Waals surface area contributed by atoms with Crippen LogP contribution < -0.4 is 9.47 Å². The molecule has 108 valence electrons. The Morgan fingerprint density at radius 1 is 1.19 bits per heavy atom. The third kappa shape index (κ3) is 2.95. The lowest BCUT2D eigenvalue weighted by atomic mass is 9.92. The molecule has 1 aliphatic heterocycles. The van der Waals surface area contributed by atoms with E-state index in [1.165, 1.54) is 0 Å². The monoisotopic (exact) mass is 304 g/mol. The van der Waals surface area contributed by atoms with Gasteiger partial charge in [0, 0.05) is 5.02 Å². The smallest absolute Gasteiger partial charge is 0.311 e. The number of aliphatic carboxylic acids is 1. The van der Waals surface area contributed by atoms with E-state index >= 15 is 0 Å². The Kier molecular flexibility index (Phi) is 3.71. The predicted molar refractivity (Wildman–Crippen MR) is 78.1 cm³/mol. The van der Waals surface area contributed by atoms with Crippen LogP contribution in [-0.4, -0.2) is 17.9 Å². The second kappa shape index (κ2) is 5.66. The molecule has 21 heavy (non-hydrogen) atoms. The Bertz CT molecular complexity index is 684. The number of carboxylic acid groups (broad SMARTS) is 1. The fourth-order valence-corrected chi connectivity index (χ4v) is 2.59. The molecule has 2 aromatic rings. The molecule has 0 amide bonds. The zero-order valence-electron chi connectivity index (χ0n) is 11.1. The van der Waals surface area contributed by atoms with Gasteiger partial charge >= 0.3 is 5.97 Å². The average molecular weight is 305 g/mol. The van der Waals surface area contributed by atoms with Gasteiger partial charge in [0.1, 0.15) is 0 Å². The zero-order valence-corrected chi connectivity index (χ0v) is 11.8. The number of carboxylic acids is 1. The van der Waals surface area contributed by atoms with Crippen LogP contribution in [0.4, 0.5) is 0 Å². The first-order valence-corrected chi connectivity index (χ1v) is 6.88. The van der Waals surface area contributed by atoms with Gasteiger partial charge in [-0.1, -0.05) is 29.8 Å². The largest absolute Gasteiger partial charge is 0.481 e. The van der Waals surface area contributed by atoms with E-state index in [4.69, 9.17) is 21.1 Å². The molecule has 1 heterocycles. The van der Waals surface area contributed by atoms with E-state index in [1.807, 2.05) is 12.1 Å². The van der Waals surface area contributed by atoms with Crippen LogP contribution in [0, 0.1) is 0 Å². The summed E-state index contributed by atoms with van der Waals surface area (Å²) in [6.07, 6.45) is 0.371. The van der Waals surface area contributed by atoms with E-state index in [9.17, 15) is 9.90 Å². The molecule has 2 aromatic carbocycles. The molecule has 0 fully saturated rings. The number of hydrogen-bond donors (Lipinski definition) is 1. The summed E-state index contributed by atoms with van der Waals surface area (Å²) in [5.74, 6) is -0.303. The van der Waals surface area contributed by atoms with Gasteiger partial charge in [0.25, 0.3) is 0 Å². The molecule has 0 aliphatic carbocycles. The summed E-state index contributed by atoms with van der Waals surface area (Å²) in [6, 6.07) is 12.5. The third-order valence-corrected chi connectivity index (χ3v) is 3.66. The summed E-state index contributed by atoms with van der Waals surface area (Å²) in [6.45, 7) is 0.171. The highest BCUT2D eigenvalue weighted by molar-refractivity contribution is 6.30. The van der Waals surface area contributed by atoms with Crippen molar-refractivity contribution in [3.63, 3.8) is 0 Å². The molecule has 0 radical (unpaired) electrons. The summed E-state index contributed by atoms with van der Waals surface area (Å²) < 4.78 is 10.5. The number of rotatable bonds is 4. The fraction of sp³-hybridized carbons (Fsp3) is 0.188. The number of benzene rings is 2. The van der Waals surface area contributed by atoms with Crippen molar-refractivity contribution < 1.29 is 19.4 Å². The first kappa shape index (κ1) is 13.8. The lowest BCUT2D eigenvalue weighted by molar-refractivity contribution is -0.138. The normalized spacial score (nSPS) is 14.0. The van der Waals surface area contributed by atoms with Crippen molar-refractivity contribution in [1.29, 1.82) is 0 Å². The Labute approximate surface area is 126 Å². The van der Waals surface area contributed by atoms with Crippen molar-refractivity contribution in [2.45, 2.75) is 12.3 Å². The zero-order chi connectivity index (χ0) is 14.8. The second-order valence-corrected chi connectivity index (χ2v) is 5.27. The van der Waals surface area contributed by atoms with Gasteiger partial charge in [-0.3, -0.25) is 4.79 Å². The van der Waals surface area contributed by atoms with E-state index in [2.05, 4.69) is 0 Å². The first-order valence-electron chi connectivity index (χ1n) is 6.50. The second-order valence-electron chi connectivity index (χ2n) is 4.84. The minimum Gasteiger partial charge on any atom is -0.481 e. The fourth-order valence-electron chi connectivity index (χ4n) is 2.38. The van der Waals surface area contributed by atoms with Gasteiger partial charge in [0.05, 0.1) is 5.92 Å². The van der Waals surface area contributed by atoms with Gasteiger partial charge in [-0.2, -0.15) is 0 Å². The number of fused-ring (bicyclic) bond motifs is 1. The van der Waals surface area contributed by atoms with Crippen molar-refractivity contribution in [2.24, 2.45) is 0 Å². The lowest BCUT2D eigenvalue weighted by Crippen LogP contribution is -2.14. The van der Waals surface area contributed by atoms with Crippen molar-refractivity contribution >= 4 is 17.6 Å². The molecular weight excluding hydrogens is 292 g/mol. The number of ether oxygens (including phenoxy) is 2. The van der Waals surface area contributed by atoms with Gasteiger partial charge < -0.3 is 14.6 Å². The maximum absolute atomic E-state index is 11.6. The van der Waals surface area contributed by atoms with Crippen LogP contribution in [0.2, 0.25) is 5.02 Å². The van der Waals surface area contributed by atoms with Crippen LogP contribution in [0.15, 0.2) is 42.5 Å². The molecule has 4 nitrogen and oxygen atoms in total. The maximum Gasteiger partial charge on any atom is 0.311 e. The quantitative estimate of drug-likeness (QED) is 0.939. The van der Waals surface area contributed by atoms with Crippen molar-refractivity contribution in [2.75, 3.05) is 6.79 Å². The lowest BCUT2D eigenvalue weighted by Gasteiger charge is -2.13. The van der Waals surface area contributed by atoms with Gasteiger partial charge in [-0.05, 0) is 41.8 Å². The van der Waals surface area contributed by atoms with Crippen molar-refractivity contribution in [1.82, 2.24) is 0 Å². The number of carbonyl (C=O) groups is 1. The van der Waals surface area contributed by atoms with Crippen LogP contribution >= 0.6 is 11.6 Å². The summed E-state index contributed by atoms with van der Waals surface area (Å²) in [4.78, 5) is 11.6. The van der Waals surface area contributed by atoms with Crippen LogP contribution in [-0.2, 0) is 11.2 Å². The Balaban J connectivity index is 1.89. The Morgan fingerprint density at radius 2 is 2.00 bits per heavy atom. The van der Waals surface area contributed by atoms with E-state index in [-0.39, 0.29) is 6.79 Å². The van der Waals surface area contributed by atoms with E-state index < -0.39 is 11.9 Å². The highest BCUT2D eigenvalue weighted by Gasteiger charge is 2.23. The molecule has 0 saturated carbocycles. The Hall–Kier alpha value is -2.20. The van der Waals surface area contributed by atoms with Gasteiger partial charge in [0.2, 0.25) is 6.79 Å². The molecule has 0 spiro atoms. The van der Waals surface area contributed by atoms with Gasteiger partial charge in [-0.15, -0.1) is 0 Å². The topological polar surface area (TPSA) is 55.8 Å². The minimum absolute atomic E-state index is 0.171. The average Bonchev–Trinajstić information content (AvgIpc) is 2.92. The van der Waals surface area contributed by atoms with E-state index in [1.54, 1.807) is 30.3 Å². The van der Waals surface area contributed by atoms with Crippen LogP contribution in [0.25, 0.3) is 0 Å². The molecule has 0 aromatic heterocycles. The minimum atomic E-state index is -0.881. The molecule has 1 unspecified atom stereocenters. The summed E-state index contributed by atoms with van der Waals surface area (Å²) in [7, 11) is 0. The van der Waals surface area contributed by atoms with Gasteiger partial charge in [-0.25, -0.2) is 0 Å². The summed E-state index contributed by atoms with van der Waals surface area (Å²) >= 11 is 5.95. The molecule has 1 N–H and O–H groups in total. The van der Waals surface area contributed by atoms with Crippen molar-refractivity contribution in [3.8, 4) is 11.5 Å². The molecule has 0 saturated heterocycles. The maximum atomic E-state index is 11.6. The standard InChI is InChI=1S/C16H13ClO4/c17-12-3-1-2-10(6-12)7-13(16(18)19)11-4-5-14-15(8-11)21-9-20-14/h1-6,8,13H,7,9H2,(H,18,19). The SMILES string of the molecule is O=C(O)C(Cc1cccc(Cl)c1)c1ccc2c(c1)OCO2. The van der Waals surface area contributed by atoms with Crippen LogP contribution in [0.1, 0.15) is 17.0 Å². The highest BCUT2D eigenvalue weighted by atomic mass is 35.5. The third-order valence-electron chi connectivity index (χ3n) is 3.43. The number of hydrogen-bond acceptors (Lipinski definition) is 3. The highest BCUT2D eigenvalue weighted by Crippen LogP contribution is 2.35. The first-order chi connectivity index (χ1) is 10.1. The Morgan fingerprint density at radius 3 is 2.76 bits per heavy atom. The van der Waals surface area contributed by atoms with E-state index in [0.29, 0.717) is 28.5 Å². The summed E-state index contributed by atoms with van der Waals surface area (Å²) in [5.41, 5.74) is 1.57. The molecular formula is C16H13ClO4.